The van der Waals surface area contributed by atoms with Crippen LogP contribution in [0.4, 0.5) is 5.69 Å². The van der Waals surface area contributed by atoms with Crippen LogP contribution in [0, 0.1) is 10.1 Å². The molecule has 3 aromatic rings. The third-order valence-corrected chi connectivity index (χ3v) is 4.66. The molecule has 0 N–H and O–H groups in total. The van der Waals surface area contributed by atoms with Gasteiger partial charge in [0.1, 0.15) is 5.01 Å². The van der Waals surface area contributed by atoms with Gasteiger partial charge in [0.05, 0.1) is 9.80 Å². The van der Waals surface area contributed by atoms with Crippen LogP contribution in [0.1, 0.15) is 15.2 Å². The van der Waals surface area contributed by atoms with Crippen molar-refractivity contribution in [3.8, 4) is 10.6 Å². The number of non-ortho nitro benzene ring substituents is 1. The van der Waals surface area contributed by atoms with Crippen molar-refractivity contribution in [3.05, 3.63) is 86.4 Å². The molecule has 0 aliphatic heterocycles. The normalized spacial score (nSPS) is 10.9. The van der Waals surface area contributed by atoms with Crippen LogP contribution in [0.15, 0.2) is 60.8 Å². The fourth-order valence-electron chi connectivity index (χ4n) is 2.11. The number of nitro benzene ring substituents is 1. The number of aromatic nitrogens is 1. The first-order valence-electron chi connectivity index (χ1n) is 7.21. The Morgan fingerprint density at radius 1 is 1.20 bits per heavy atom. The monoisotopic (exact) mass is 370 g/mol. The van der Waals surface area contributed by atoms with E-state index in [-0.39, 0.29) is 11.5 Å². The van der Waals surface area contributed by atoms with E-state index in [2.05, 4.69) is 4.98 Å². The van der Waals surface area contributed by atoms with Crippen molar-refractivity contribution in [2.24, 2.45) is 0 Å². The predicted molar refractivity (Wildman–Crippen MR) is 99.0 cm³/mol. The Kier molecular flexibility index (Phi) is 5.02. The number of allylic oxidation sites excluding steroid dienone is 1. The molecule has 0 amide bonds. The van der Waals surface area contributed by atoms with E-state index in [1.54, 1.807) is 30.3 Å². The summed E-state index contributed by atoms with van der Waals surface area (Å²) in [7, 11) is 0. The van der Waals surface area contributed by atoms with Crippen LogP contribution in [0.2, 0.25) is 5.02 Å². The number of thiazole rings is 1. The van der Waals surface area contributed by atoms with Gasteiger partial charge in [0.2, 0.25) is 0 Å². The molecule has 0 bridgehead atoms. The van der Waals surface area contributed by atoms with Crippen molar-refractivity contribution in [2.75, 3.05) is 0 Å². The molecule has 0 aliphatic carbocycles. The third-order valence-electron chi connectivity index (χ3n) is 3.35. The first kappa shape index (κ1) is 17.0. The number of hydrogen-bond donors (Lipinski definition) is 0. The molecule has 2 aromatic carbocycles. The molecule has 0 saturated heterocycles. The number of ketones is 1. The highest BCUT2D eigenvalue weighted by Gasteiger charge is 2.10. The van der Waals surface area contributed by atoms with E-state index >= 15 is 0 Å². The lowest BCUT2D eigenvalue weighted by Crippen LogP contribution is -1.90. The third kappa shape index (κ3) is 4.17. The number of rotatable bonds is 5. The average molecular weight is 371 g/mol. The van der Waals surface area contributed by atoms with E-state index in [1.165, 1.54) is 35.7 Å². The van der Waals surface area contributed by atoms with Crippen LogP contribution in [-0.4, -0.2) is 15.7 Å². The second kappa shape index (κ2) is 7.38. The van der Waals surface area contributed by atoms with E-state index in [0.29, 0.717) is 15.5 Å². The zero-order chi connectivity index (χ0) is 17.8. The first-order chi connectivity index (χ1) is 12.0. The van der Waals surface area contributed by atoms with Gasteiger partial charge in [-0.2, -0.15) is 0 Å². The van der Waals surface area contributed by atoms with Gasteiger partial charge in [0, 0.05) is 28.9 Å². The smallest absolute Gasteiger partial charge is 0.270 e. The van der Waals surface area contributed by atoms with E-state index < -0.39 is 4.92 Å². The number of nitrogens with zero attached hydrogens (tertiary/aromatic N) is 2. The number of nitro groups is 1. The molecule has 0 spiro atoms. The minimum absolute atomic E-state index is 0.0163. The molecule has 124 valence electrons. The van der Waals surface area contributed by atoms with Gasteiger partial charge in [-0.05, 0) is 23.8 Å². The van der Waals surface area contributed by atoms with Crippen molar-refractivity contribution >= 4 is 40.5 Å². The quantitative estimate of drug-likeness (QED) is 0.265. The van der Waals surface area contributed by atoms with Gasteiger partial charge in [-0.25, -0.2) is 4.98 Å². The number of benzene rings is 2. The standard InChI is InChI=1S/C18H11ClN2O3S/c19-14-7-5-13(6-8-14)18-20-11-17(25-18)16(22)9-4-12-2-1-3-15(10-12)21(23)24/h1-11H. The molecule has 0 unspecified atom stereocenters. The predicted octanol–water partition coefficient (Wildman–Crippen LogP) is 5.27. The Morgan fingerprint density at radius 2 is 1.96 bits per heavy atom. The highest BCUT2D eigenvalue weighted by molar-refractivity contribution is 7.17. The summed E-state index contributed by atoms with van der Waals surface area (Å²) in [5.41, 5.74) is 1.46. The van der Waals surface area contributed by atoms with Gasteiger partial charge in [-0.1, -0.05) is 41.9 Å². The lowest BCUT2D eigenvalue weighted by molar-refractivity contribution is -0.384. The highest BCUT2D eigenvalue weighted by atomic mass is 35.5. The van der Waals surface area contributed by atoms with Gasteiger partial charge in [-0.15, -0.1) is 11.3 Å². The van der Waals surface area contributed by atoms with Crippen LogP contribution >= 0.6 is 22.9 Å². The Morgan fingerprint density at radius 3 is 2.68 bits per heavy atom. The molecule has 1 heterocycles. The Balaban J connectivity index is 1.76. The van der Waals surface area contributed by atoms with Gasteiger partial charge < -0.3 is 0 Å². The summed E-state index contributed by atoms with van der Waals surface area (Å²) >= 11 is 7.14. The Labute approximate surface area is 152 Å². The van der Waals surface area contributed by atoms with Gasteiger partial charge in [-0.3, -0.25) is 14.9 Å². The van der Waals surface area contributed by atoms with E-state index in [4.69, 9.17) is 11.6 Å². The maximum Gasteiger partial charge on any atom is 0.270 e. The molecule has 0 saturated carbocycles. The molecule has 0 radical (unpaired) electrons. The molecular weight excluding hydrogens is 360 g/mol. The summed E-state index contributed by atoms with van der Waals surface area (Å²) in [6.45, 7) is 0. The minimum Gasteiger partial charge on any atom is -0.288 e. The van der Waals surface area contributed by atoms with E-state index in [9.17, 15) is 14.9 Å². The van der Waals surface area contributed by atoms with Gasteiger partial charge in [0.15, 0.2) is 5.78 Å². The highest BCUT2D eigenvalue weighted by Crippen LogP contribution is 2.27. The zero-order valence-corrected chi connectivity index (χ0v) is 14.3. The van der Waals surface area contributed by atoms with Crippen LogP contribution < -0.4 is 0 Å². The molecule has 5 nitrogen and oxygen atoms in total. The van der Waals surface area contributed by atoms with Crippen LogP contribution in [-0.2, 0) is 0 Å². The summed E-state index contributed by atoms with van der Waals surface area (Å²) in [6.07, 6.45) is 4.46. The van der Waals surface area contributed by atoms with E-state index in [0.717, 1.165) is 10.6 Å². The Hall–Kier alpha value is -2.83. The molecule has 3 rings (SSSR count). The van der Waals surface area contributed by atoms with Crippen molar-refractivity contribution in [1.29, 1.82) is 0 Å². The SMILES string of the molecule is O=C(C=Cc1cccc([N+](=O)[O-])c1)c1cnc(-c2ccc(Cl)cc2)s1. The lowest BCUT2D eigenvalue weighted by Gasteiger charge is -1.95. The van der Waals surface area contributed by atoms with Crippen molar-refractivity contribution in [1.82, 2.24) is 4.98 Å². The summed E-state index contributed by atoms with van der Waals surface area (Å²) in [6, 6.07) is 13.3. The fraction of sp³-hybridized carbons (Fsp3) is 0. The molecule has 7 heteroatoms. The molecule has 0 fully saturated rings. The van der Waals surface area contributed by atoms with Crippen molar-refractivity contribution in [2.45, 2.75) is 0 Å². The maximum atomic E-state index is 12.3. The second-order valence-electron chi connectivity index (χ2n) is 5.09. The number of carbonyl (C=O) groups excluding carboxylic acids is 1. The van der Waals surface area contributed by atoms with Crippen LogP contribution in [0.5, 0.6) is 0 Å². The molecular formula is C18H11ClN2O3S. The summed E-state index contributed by atoms with van der Waals surface area (Å²) in [5.74, 6) is -0.204. The molecule has 1 aromatic heterocycles. The van der Waals surface area contributed by atoms with Crippen LogP contribution in [0.3, 0.4) is 0 Å². The van der Waals surface area contributed by atoms with Gasteiger partial charge in [0.25, 0.3) is 5.69 Å². The topological polar surface area (TPSA) is 73.1 Å². The maximum absolute atomic E-state index is 12.3. The summed E-state index contributed by atoms with van der Waals surface area (Å²) in [4.78, 5) is 27.3. The lowest BCUT2D eigenvalue weighted by atomic mass is 10.1. The van der Waals surface area contributed by atoms with Crippen molar-refractivity contribution in [3.63, 3.8) is 0 Å². The van der Waals surface area contributed by atoms with Crippen molar-refractivity contribution < 1.29 is 9.72 Å². The number of hydrogen-bond acceptors (Lipinski definition) is 5. The second-order valence-corrected chi connectivity index (χ2v) is 6.55. The Bertz CT molecular complexity index is 964. The number of halogens is 1. The summed E-state index contributed by atoms with van der Waals surface area (Å²) < 4.78 is 0. The minimum atomic E-state index is -0.471. The molecule has 0 atom stereocenters. The zero-order valence-electron chi connectivity index (χ0n) is 12.8. The van der Waals surface area contributed by atoms with Gasteiger partial charge >= 0.3 is 0 Å². The fourth-order valence-corrected chi connectivity index (χ4v) is 3.08. The first-order valence-corrected chi connectivity index (χ1v) is 8.41. The molecule has 25 heavy (non-hydrogen) atoms. The molecule has 0 aliphatic rings. The largest absolute Gasteiger partial charge is 0.288 e. The van der Waals surface area contributed by atoms with Crippen LogP contribution in [0.25, 0.3) is 16.6 Å². The average Bonchev–Trinajstić information content (AvgIpc) is 3.10. The number of carbonyl (C=O) groups is 1. The summed E-state index contributed by atoms with van der Waals surface area (Å²) in [5, 5.41) is 12.1. The van der Waals surface area contributed by atoms with E-state index in [1.807, 2.05) is 12.1 Å².